The molecule has 116 valence electrons. The number of nitrogen functional groups attached to an aromatic ring is 2. The van der Waals surface area contributed by atoms with Gasteiger partial charge in [0.05, 0.1) is 0 Å². The van der Waals surface area contributed by atoms with Crippen LogP contribution in [0, 0.1) is 0 Å². The Labute approximate surface area is 147 Å². The standard InChI is InChI=1S/2C8H9NO2.Hg/c2*9-7-3-1-6(2-4-7)5-8(10)11;/h2*1-4H,5,9H2,(H,10,11);/q;;+2/p-2. The first kappa shape index (κ1) is 17.3. The Balaban J connectivity index is 1.69. The number of anilines is 2. The summed E-state index contributed by atoms with van der Waals surface area (Å²) >= 11 is -2.45. The average Bonchev–Trinajstić information content (AvgIpc) is 2.52. The van der Waals surface area contributed by atoms with Gasteiger partial charge in [0, 0.05) is 0 Å². The summed E-state index contributed by atoms with van der Waals surface area (Å²) in [7, 11) is 0. The third-order valence-corrected chi connectivity index (χ3v) is 6.52. The van der Waals surface area contributed by atoms with E-state index in [1.807, 2.05) is 0 Å². The second-order valence-electron chi connectivity index (χ2n) is 4.99. The van der Waals surface area contributed by atoms with Crippen molar-refractivity contribution in [3.05, 3.63) is 59.7 Å². The van der Waals surface area contributed by atoms with E-state index in [1.54, 1.807) is 48.5 Å². The first-order valence-corrected chi connectivity index (χ1v) is 11.5. The molecule has 6 nitrogen and oxygen atoms in total. The second-order valence-corrected chi connectivity index (χ2v) is 8.15. The normalized spacial score (nSPS) is 9.74. The number of hydrogen-bond acceptors (Lipinski definition) is 6. The van der Waals surface area contributed by atoms with Gasteiger partial charge in [0.1, 0.15) is 0 Å². The van der Waals surface area contributed by atoms with E-state index >= 15 is 0 Å². The Morgan fingerprint density at radius 2 is 1.09 bits per heavy atom. The molecule has 2 aromatic rings. The Morgan fingerprint density at radius 3 is 1.43 bits per heavy atom. The van der Waals surface area contributed by atoms with E-state index in [-0.39, 0.29) is 24.8 Å². The third-order valence-electron chi connectivity index (χ3n) is 3.10. The maximum atomic E-state index is 11.7. The number of hydrogen-bond donors (Lipinski definition) is 2. The van der Waals surface area contributed by atoms with Gasteiger partial charge in [-0.1, -0.05) is 0 Å². The van der Waals surface area contributed by atoms with E-state index in [2.05, 4.69) is 0 Å². The Kier molecular flexibility index (Phi) is 6.40. The van der Waals surface area contributed by atoms with Gasteiger partial charge in [-0.3, -0.25) is 0 Å². The fraction of sp³-hybridized carbons (Fsp3) is 0.125. The summed E-state index contributed by atoms with van der Waals surface area (Å²) in [5, 5.41) is 0. The number of carbonyl (C=O) groups is 2. The molecule has 7 heteroatoms. The molecule has 0 amide bonds. The molecule has 2 rings (SSSR count). The van der Waals surface area contributed by atoms with Gasteiger partial charge in [-0.25, -0.2) is 0 Å². The quantitative estimate of drug-likeness (QED) is 0.461. The number of carbonyl (C=O) groups excluding carboxylic acids is 2. The van der Waals surface area contributed by atoms with E-state index in [9.17, 15) is 9.59 Å². The van der Waals surface area contributed by atoms with Crippen molar-refractivity contribution in [2.45, 2.75) is 12.8 Å². The zero-order valence-electron chi connectivity index (χ0n) is 12.5. The van der Waals surface area contributed by atoms with Crippen molar-refractivity contribution in [1.82, 2.24) is 0 Å². The van der Waals surface area contributed by atoms with Crippen LogP contribution >= 0.6 is 0 Å². The molecule has 4 N–H and O–H groups in total. The molecule has 0 saturated carbocycles. The van der Waals surface area contributed by atoms with E-state index in [4.69, 9.17) is 16.8 Å². The number of benzene rings is 2. The minimum absolute atomic E-state index is 0.149. The van der Waals surface area contributed by atoms with Gasteiger partial charge in [-0.2, -0.15) is 0 Å². The van der Waals surface area contributed by atoms with E-state index in [0.29, 0.717) is 11.4 Å². The van der Waals surface area contributed by atoms with Crippen molar-refractivity contribution in [2.24, 2.45) is 0 Å². The summed E-state index contributed by atoms with van der Waals surface area (Å²) in [6.45, 7) is 0. The SMILES string of the molecule is Nc1ccc(CC(=O)[O][Hg][O]C(=O)Cc2ccc(N)cc2)cc1. The van der Waals surface area contributed by atoms with E-state index < -0.39 is 25.5 Å². The summed E-state index contributed by atoms with van der Waals surface area (Å²) < 4.78 is 10.2. The second kappa shape index (κ2) is 8.52. The topological polar surface area (TPSA) is 105 Å². The Morgan fingerprint density at radius 1 is 0.739 bits per heavy atom. The molecule has 0 aromatic heterocycles. The fourth-order valence-corrected chi connectivity index (χ4v) is 3.91. The summed E-state index contributed by atoms with van der Waals surface area (Å²) in [6.07, 6.45) is 0.297. The molecule has 0 bridgehead atoms. The van der Waals surface area contributed by atoms with Gasteiger partial charge in [0.2, 0.25) is 0 Å². The van der Waals surface area contributed by atoms with Gasteiger partial charge in [-0.15, -0.1) is 0 Å². The maximum absolute atomic E-state index is 11.7. The van der Waals surface area contributed by atoms with Crippen LogP contribution in [0.3, 0.4) is 0 Å². The number of nitrogens with two attached hydrogens (primary N) is 2. The average molecular weight is 501 g/mol. The monoisotopic (exact) mass is 502 g/mol. The molecular weight excluding hydrogens is 485 g/mol. The molecule has 0 heterocycles. The summed E-state index contributed by atoms with van der Waals surface area (Å²) in [6, 6.07) is 13.9. The van der Waals surface area contributed by atoms with Crippen LogP contribution in [0.5, 0.6) is 0 Å². The van der Waals surface area contributed by atoms with Gasteiger partial charge in [0.15, 0.2) is 0 Å². The van der Waals surface area contributed by atoms with Crippen LogP contribution in [-0.4, -0.2) is 11.9 Å². The van der Waals surface area contributed by atoms with Crippen molar-refractivity contribution < 1.29 is 40.4 Å². The van der Waals surface area contributed by atoms with Crippen molar-refractivity contribution >= 4 is 23.3 Å². The molecule has 0 fully saturated rings. The zero-order valence-corrected chi connectivity index (χ0v) is 18.0. The number of rotatable bonds is 6. The molecule has 0 spiro atoms. The van der Waals surface area contributed by atoms with Crippen molar-refractivity contribution in [1.29, 1.82) is 0 Å². The fourth-order valence-electron chi connectivity index (χ4n) is 1.87. The van der Waals surface area contributed by atoms with Gasteiger partial charge >= 0.3 is 148 Å². The summed E-state index contributed by atoms with van der Waals surface area (Å²) in [5.41, 5.74) is 14.0. The summed E-state index contributed by atoms with van der Waals surface area (Å²) in [4.78, 5) is 23.3. The predicted octanol–water partition coefficient (Wildman–Crippen LogP) is 1.64. The van der Waals surface area contributed by atoms with Gasteiger partial charge < -0.3 is 0 Å². The van der Waals surface area contributed by atoms with Crippen LogP contribution in [0.4, 0.5) is 11.4 Å². The van der Waals surface area contributed by atoms with E-state index in [1.165, 1.54) is 0 Å². The Hall–Kier alpha value is -2.08. The van der Waals surface area contributed by atoms with Crippen molar-refractivity contribution in [3.63, 3.8) is 0 Å². The molecule has 0 saturated heterocycles. The molecule has 0 unspecified atom stereocenters. The third kappa shape index (κ3) is 6.28. The summed E-state index contributed by atoms with van der Waals surface area (Å²) in [5.74, 6) is -0.756. The molecule has 2 aromatic carbocycles. The molecule has 23 heavy (non-hydrogen) atoms. The van der Waals surface area contributed by atoms with Gasteiger partial charge in [0.25, 0.3) is 0 Å². The molecule has 0 radical (unpaired) electrons. The van der Waals surface area contributed by atoms with Crippen molar-refractivity contribution in [2.75, 3.05) is 11.5 Å². The van der Waals surface area contributed by atoms with Crippen LogP contribution in [0.1, 0.15) is 11.1 Å². The predicted molar refractivity (Wildman–Crippen MR) is 81.3 cm³/mol. The van der Waals surface area contributed by atoms with Crippen LogP contribution in [-0.2, 0) is 53.2 Å². The van der Waals surface area contributed by atoms with Crippen LogP contribution in [0.2, 0.25) is 0 Å². The molecule has 0 aliphatic carbocycles. The van der Waals surface area contributed by atoms with Crippen LogP contribution in [0.15, 0.2) is 48.5 Å². The van der Waals surface area contributed by atoms with E-state index in [0.717, 1.165) is 11.1 Å². The van der Waals surface area contributed by atoms with Crippen molar-refractivity contribution in [3.8, 4) is 0 Å². The molecular formula is C16H16HgN2O4. The first-order chi connectivity index (χ1) is 11.0. The molecule has 0 atom stereocenters. The zero-order chi connectivity index (χ0) is 16.7. The molecule has 0 aliphatic rings. The Bertz CT molecular complexity index is 612. The van der Waals surface area contributed by atoms with Crippen LogP contribution < -0.4 is 11.5 Å². The van der Waals surface area contributed by atoms with Gasteiger partial charge in [-0.05, 0) is 0 Å². The first-order valence-electron chi connectivity index (χ1n) is 7.03. The van der Waals surface area contributed by atoms with Crippen LogP contribution in [0.25, 0.3) is 0 Å². The minimum atomic E-state index is -2.45. The molecule has 0 aliphatic heterocycles.